The molecule has 1 aromatic heterocycles. The highest BCUT2D eigenvalue weighted by atomic mass is 16.5. The monoisotopic (exact) mass is 280 g/mol. The predicted molar refractivity (Wildman–Crippen MR) is 74.3 cm³/mol. The fourth-order valence-electron chi connectivity index (χ4n) is 2.75. The van der Waals surface area contributed by atoms with Crippen LogP contribution in [0.15, 0.2) is 4.52 Å². The summed E-state index contributed by atoms with van der Waals surface area (Å²) in [5, 5.41) is 4.08. The number of aromatic nitrogens is 2. The van der Waals surface area contributed by atoms with Crippen LogP contribution in [0.25, 0.3) is 0 Å². The summed E-state index contributed by atoms with van der Waals surface area (Å²) >= 11 is 0. The maximum Gasteiger partial charge on any atom is 0.318 e. The molecule has 0 N–H and O–H groups in total. The first kappa shape index (κ1) is 15.0. The molecular formula is C15H24N2O3. The first-order valence-corrected chi connectivity index (χ1v) is 7.62. The number of hydrogen-bond acceptors (Lipinski definition) is 5. The number of carbonyl (C=O) groups is 1. The van der Waals surface area contributed by atoms with Crippen LogP contribution in [0, 0.1) is 5.92 Å². The highest BCUT2D eigenvalue weighted by Crippen LogP contribution is 2.33. The Kier molecular flexibility index (Phi) is 5.15. The van der Waals surface area contributed by atoms with E-state index in [0.717, 1.165) is 18.7 Å². The first-order valence-electron chi connectivity index (χ1n) is 7.62. The van der Waals surface area contributed by atoms with Crippen molar-refractivity contribution in [3.05, 3.63) is 11.7 Å². The third-order valence-electron chi connectivity index (χ3n) is 3.75. The van der Waals surface area contributed by atoms with Crippen LogP contribution in [0.5, 0.6) is 0 Å². The summed E-state index contributed by atoms with van der Waals surface area (Å²) in [6.45, 7) is 6.32. The zero-order valence-corrected chi connectivity index (χ0v) is 12.6. The van der Waals surface area contributed by atoms with Crippen LogP contribution in [-0.2, 0) is 9.53 Å². The van der Waals surface area contributed by atoms with Crippen molar-refractivity contribution in [3.8, 4) is 0 Å². The molecule has 0 saturated heterocycles. The van der Waals surface area contributed by atoms with E-state index in [4.69, 9.17) is 9.26 Å². The average Bonchev–Trinajstić information content (AvgIpc) is 3.06. The SMILES string of the molecule is CCOC(=O)C(CC(C)C)c1nc(C2CCCC2)no1. The molecule has 0 aliphatic heterocycles. The van der Waals surface area contributed by atoms with E-state index in [0.29, 0.717) is 30.8 Å². The van der Waals surface area contributed by atoms with Gasteiger partial charge in [-0.05, 0) is 32.1 Å². The second-order valence-electron chi connectivity index (χ2n) is 5.91. The summed E-state index contributed by atoms with van der Waals surface area (Å²) in [7, 11) is 0. The quantitative estimate of drug-likeness (QED) is 0.747. The topological polar surface area (TPSA) is 65.2 Å². The van der Waals surface area contributed by atoms with Gasteiger partial charge in [-0.3, -0.25) is 4.79 Å². The van der Waals surface area contributed by atoms with Gasteiger partial charge in [-0.2, -0.15) is 4.98 Å². The molecule has 0 spiro atoms. The number of ether oxygens (including phenoxy) is 1. The fourth-order valence-corrected chi connectivity index (χ4v) is 2.75. The smallest absolute Gasteiger partial charge is 0.318 e. The summed E-state index contributed by atoms with van der Waals surface area (Å²) in [5.74, 6) is 1.25. The Hall–Kier alpha value is -1.39. The molecule has 1 saturated carbocycles. The number of hydrogen-bond donors (Lipinski definition) is 0. The molecule has 1 aliphatic rings. The normalized spacial score (nSPS) is 17.6. The van der Waals surface area contributed by atoms with Gasteiger partial charge in [-0.25, -0.2) is 0 Å². The maximum atomic E-state index is 12.1. The van der Waals surface area contributed by atoms with Crippen LogP contribution in [0.1, 0.15) is 76.4 Å². The van der Waals surface area contributed by atoms with E-state index in [1.54, 1.807) is 0 Å². The molecule has 0 bridgehead atoms. The zero-order chi connectivity index (χ0) is 14.5. The Balaban J connectivity index is 2.13. The van der Waals surface area contributed by atoms with Gasteiger partial charge in [0.1, 0.15) is 5.92 Å². The number of rotatable bonds is 6. The number of esters is 1. The molecule has 2 rings (SSSR count). The van der Waals surface area contributed by atoms with Crippen molar-refractivity contribution in [2.75, 3.05) is 6.61 Å². The van der Waals surface area contributed by atoms with E-state index in [1.165, 1.54) is 12.8 Å². The van der Waals surface area contributed by atoms with E-state index in [-0.39, 0.29) is 5.97 Å². The number of nitrogens with zero attached hydrogens (tertiary/aromatic N) is 2. The van der Waals surface area contributed by atoms with Crippen molar-refractivity contribution < 1.29 is 14.1 Å². The van der Waals surface area contributed by atoms with Gasteiger partial charge in [-0.15, -0.1) is 0 Å². The molecule has 112 valence electrons. The van der Waals surface area contributed by atoms with E-state index in [2.05, 4.69) is 24.0 Å². The Bertz CT molecular complexity index is 436. The Morgan fingerprint density at radius 2 is 2.10 bits per heavy atom. The lowest BCUT2D eigenvalue weighted by molar-refractivity contribution is -0.146. The molecule has 1 aliphatic carbocycles. The highest BCUT2D eigenvalue weighted by Gasteiger charge is 2.31. The minimum absolute atomic E-state index is 0.261. The van der Waals surface area contributed by atoms with Crippen molar-refractivity contribution in [1.82, 2.24) is 10.1 Å². The van der Waals surface area contributed by atoms with E-state index in [1.807, 2.05) is 6.92 Å². The summed E-state index contributed by atoms with van der Waals surface area (Å²) in [6, 6.07) is 0. The molecule has 1 heterocycles. The minimum Gasteiger partial charge on any atom is -0.465 e. The first-order chi connectivity index (χ1) is 9.61. The van der Waals surface area contributed by atoms with Gasteiger partial charge in [-0.1, -0.05) is 31.8 Å². The highest BCUT2D eigenvalue weighted by molar-refractivity contribution is 5.76. The Labute approximate surface area is 120 Å². The van der Waals surface area contributed by atoms with Gasteiger partial charge in [0.05, 0.1) is 6.61 Å². The summed E-state index contributed by atoms with van der Waals surface area (Å²) in [5.41, 5.74) is 0. The molecule has 1 unspecified atom stereocenters. The van der Waals surface area contributed by atoms with E-state index >= 15 is 0 Å². The summed E-state index contributed by atoms with van der Waals surface area (Å²) in [4.78, 5) is 16.5. The van der Waals surface area contributed by atoms with Crippen LogP contribution < -0.4 is 0 Å². The lowest BCUT2D eigenvalue weighted by atomic mass is 9.97. The largest absolute Gasteiger partial charge is 0.465 e. The predicted octanol–water partition coefficient (Wildman–Crippen LogP) is 3.42. The van der Waals surface area contributed by atoms with Crippen LogP contribution >= 0.6 is 0 Å². The molecule has 20 heavy (non-hydrogen) atoms. The Morgan fingerprint density at radius 1 is 1.40 bits per heavy atom. The average molecular weight is 280 g/mol. The minimum atomic E-state index is -0.433. The molecule has 1 fully saturated rings. The Morgan fingerprint density at radius 3 is 2.70 bits per heavy atom. The third-order valence-corrected chi connectivity index (χ3v) is 3.75. The van der Waals surface area contributed by atoms with Crippen molar-refractivity contribution in [1.29, 1.82) is 0 Å². The van der Waals surface area contributed by atoms with E-state index < -0.39 is 5.92 Å². The van der Waals surface area contributed by atoms with Crippen molar-refractivity contribution in [2.24, 2.45) is 5.92 Å². The standard InChI is InChI=1S/C15H24N2O3/c1-4-19-15(18)12(9-10(2)3)14-16-13(17-20-14)11-7-5-6-8-11/h10-12H,4-9H2,1-3H3. The number of carbonyl (C=O) groups excluding carboxylic acids is 1. The van der Waals surface area contributed by atoms with Gasteiger partial charge in [0, 0.05) is 5.92 Å². The lowest BCUT2D eigenvalue weighted by Gasteiger charge is -2.13. The van der Waals surface area contributed by atoms with Gasteiger partial charge >= 0.3 is 5.97 Å². The second kappa shape index (κ2) is 6.86. The molecule has 1 atom stereocenters. The van der Waals surface area contributed by atoms with Gasteiger partial charge < -0.3 is 9.26 Å². The van der Waals surface area contributed by atoms with Gasteiger partial charge in [0.25, 0.3) is 0 Å². The van der Waals surface area contributed by atoms with Gasteiger partial charge in [0.15, 0.2) is 5.82 Å². The van der Waals surface area contributed by atoms with Crippen molar-refractivity contribution in [2.45, 2.75) is 64.7 Å². The van der Waals surface area contributed by atoms with Crippen molar-refractivity contribution >= 4 is 5.97 Å². The lowest BCUT2D eigenvalue weighted by Crippen LogP contribution is -2.18. The maximum absolute atomic E-state index is 12.1. The van der Waals surface area contributed by atoms with E-state index in [9.17, 15) is 4.79 Å². The second-order valence-corrected chi connectivity index (χ2v) is 5.91. The molecule has 5 nitrogen and oxygen atoms in total. The third kappa shape index (κ3) is 3.58. The summed E-state index contributed by atoms with van der Waals surface area (Å²) in [6.07, 6.45) is 5.36. The zero-order valence-electron chi connectivity index (χ0n) is 12.6. The molecule has 0 radical (unpaired) electrons. The van der Waals surface area contributed by atoms with Crippen LogP contribution in [0.2, 0.25) is 0 Å². The molecular weight excluding hydrogens is 256 g/mol. The molecule has 1 aromatic rings. The van der Waals surface area contributed by atoms with Crippen LogP contribution in [0.3, 0.4) is 0 Å². The summed E-state index contributed by atoms with van der Waals surface area (Å²) < 4.78 is 10.5. The van der Waals surface area contributed by atoms with Crippen molar-refractivity contribution in [3.63, 3.8) is 0 Å². The van der Waals surface area contributed by atoms with Crippen LogP contribution in [0.4, 0.5) is 0 Å². The molecule has 0 amide bonds. The molecule has 5 heteroatoms. The fraction of sp³-hybridized carbons (Fsp3) is 0.800. The van der Waals surface area contributed by atoms with Gasteiger partial charge in [0.2, 0.25) is 5.89 Å². The van der Waals surface area contributed by atoms with Crippen LogP contribution in [-0.4, -0.2) is 22.7 Å². The molecule has 0 aromatic carbocycles.